The van der Waals surface area contributed by atoms with Gasteiger partial charge in [-0.3, -0.25) is 0 Å². The Bertz CT molecular complexity index is 154. The second kappa shape index (κ2) is 6.01. The van der Waals surface area contributed by atoms with E-state index in [1.165, 1.54) is 5.57 Å². The molecule has 0 unspecified atom stereocenters. The van der Waals surface area contributed by atoms with Gasteiger partial charge in [0.15, 0.2) is 0 Å². The highest BCUT2D eigenvalue weighted by Gasteiger charge is 1.95. The van der Waals surface area contributed by atoms with Crippen LogP contribution in [0.2, 0.25) is 0 Å². The van der Waals surface area contributed by atoms with Crippen LogP contribution in [-0.4, -0.2) is 12.6 Å². The summed E-state index contributed by atoms with van der Waals surface area (Å²) >= 11 is 0. The van der Waals surface area contributed by atoms with E-state index in [-0.39, 0.29) is 0 Å². The molecule has 0 aromatic rings. The summed E-state index contributed by atoms with van der Waals surface area (Å²) in [6.45, 7) is 13.4. The molecule has 0 radical (unpaired) electrons. The van der Waals surface area contributed by atoms with Crippen molar-refractivity contribution in [2.75, 3.05) is 6.54 Å². The van der Waals surface area contributed by atoms with E-state index in [2.05, 4.69) is 45.7 Å². The Kier molecular flexibility index (Phi) is 5.73. The third kappa shape index (κ3) is 6.17. The van der Waals surface area contributed by atoms with Gasteiger partial charge in [0, 0.05) is 12.6 Å². The van der Waals surface area contributed by atoms with Gasteiger partial charge in [-0.15, -0.1) is 0 Å². The fourth-order valence-electron chi connectivity index (χ4n) is 0.949. The Morgan fingerprint density at radius 2 is 1.92 bits per heavy atom. The van der Waals surface area contributed by atoms with Crippen molar-refractivity contribution in [3.63, 3.8) is 0 Å². The highest BCUT2D eigenvalue weighted by Crippen LogP contribution is 2.02. The SMILES string of the molecule is C=C/C(=C\C(C)C)CNC(C)C. The maximum absolute atomic E-state index is 3.78. The van der Waals surface area contributed by atoms with Crippen LogP contribution in [0.25, 0.3) is 0 Å². The van der Waals surface area contributed by atoms with E-state index < -0.39 is 0 Å². The van der Waals surface area contributed by atoms with Crippen LogP contribution in [0.4, 0.5) is 0 Å². The van der Waals surface area contributed by atoms with E-state index in [0.29, 0.717) is 12.0 Å². The van der Waals surface area contributed by atoms with Crippen molar-refractivity contribution in [2.24, 2.45) is 5.92 Å². The third-order valence-corrected chi connectivity index (χ3v) is 1.52. The normalized spacial score (nSPS) is 12.7. The molecule has 0 aliphatic heterocycles. The minimum absolute atomic E-state index is 0.542. The van der Waals surface area contributed by atoms with Gasteiger partial charge in [-0.2, -0.15) is 0 Å². The minimum Gasteiger partial charge on any atom is -0.310 e. The molecule has 0 rings (SSSR count). The Balaban J connectivity index is 3.91. The second-order valence-corrected chi connectivity index (χ2v) is 3.73. The number of nitrogens with one attached hydrogen (secondary N) is 1. The summed E-state index contributed by atoms with van der Waals surface area (Å²) in [5, 5.41) is 3.36. The Hall–Kier alpha value is -0.560. The molecule has 70 valence electrons. The monoisotopic (exact) mass is 167 g/mol. The van der Waals surface area contributed by atoms with Crippen molar-refractivity contribution in [1.82, 2.24) is 5.32 Å². The molecule has 1 heteroatoms. The zero-order valence-corrected chi connectivity index (χ0v) is 8.72. The lowest BCUT2D eigenvalue weighted by Crippen LogP contribution is -2.24. The smallest absolute Gasteiger partial charge is 0.0204 e. The lowest BCUT2D eigenvalue weighted by molar-refractivity contribution is 0.622. The molecule has 0 aliphatic rings. The summed E-state index contributed by atoms with van der Waals surface area (Å²) in [5.41, 5.74) is 1.29. The fraction of sp³-hybridized carbons (Fsp3) is 0.636. The first-order valence-electron chi connectivity index (χ1n) is 4.62. The van der Waals surface area contributed by atoms with Crippen LogP contribution in [0.5, 0.6) is 0 Å². The first-order chi connectivity index (χ1) is 5.56. The standard InChI is InChI=1S/C11H21N/c1-6-11(7-9(2)3)8-12-10(4)5/h6-7,9-10,12H,1,8H2,2-5H3/b11-7+. The van der Waals surface area contributed by atoms with Crippen LogP contribution in [0.15, 0.2) is 24.3 Å². The molecule has 0 bridgehead atoms. The number of allylic oxidation sites excluding steroid dienone is 1. The summed E-state index contributed by atoms with van der Waals surface area (Å²) in [4.78, 5) is 0. The van der Waals surface area contributed by atoms with Crippen molar-refractivity contribution in [2.45, 2.75) is 33.7 Å². The number of hydrogen-bond acceptors (Lipinski definition) is 1. The molecule has 0 aromatic heterocycles. The highest BCUT2D eigenvalue weighted by molar-refractivity contribution is 5.18. The molecule has 0 heterocycles. The molecule has 12 heavy (non-hydrogen) atoms. The maximum atomic E-state index is 3.78. The van der Waals surface area contributed by atoms with Crippen LogP contribution in [0.3, 0.4) is 0 Å². The zero-order chi connectivity index (χ0) is 9.56. The van der Waals surface area contributed by atoms with Crippen molar-refractivity contribution >= 4 is 0 Å². The first-order valence-corrected chi connectivity index (χ1v) is 4.62. The summed E-state index contributed by atoms with van der Waals surface area (Å²) in [5.74, 6) is 0.604. The van der Waals surface area contributed by atoms with Gasteiger partial charge in [-0.1, -0.05) is 46.4 Å². The molecule has 0 amide bonds. The molecular weight excluding hydrogens is 146 g/mol. The molecule has 0 fully saturated rings. The number of hydrogen-bond donors (Lipinski definition) is 1. The third-order valence-electron chi connectivity index (χ3n) is 1.52. The molecule has 0 atom stereocenters. The summed E-state index contributed by atoms with van der Waals surface area (Å²) < 4.78 is 0. The Morgan fingerprint density at radius 1 is 1.33 bits per heavy atom. The quantitative estimate of drug-likeness (QED) is 0.621. The molecule has 0 aromatic carbocycles. The summed E-state index contributed by atoms with van der Waals surface area (Å²) in [6, 6.07) is 0.542. The van der Waals surface area contributed by atoms with Crippen LogP contribution in [-0.2, 0) is 0 Å². The van der Waals surface area contributed by atoms with Crippen LogP contribution in [0.1, 0.15) is 27.7 Å². The molecule has 0 saturated heterocycles. The Labute approximate surface area is 76.6 Å². The van der Waals surface area contributed by atoms with Crippen molar-refractivity contribution in [3.05, 3.63) is 24.3 Å². The molecular formula is C11H21N. The predicted molar refractivity (Wildman–Crippen MR) is 56.3 cm³/mol. The molecule has 0 spiro atoms. The summed E-state index contributed by atoms with van der Waals surface area (Å²) in [6.07, 6.45) is 4.16. The fourth-order valence-corrected chi connectivity index (χ4v) is 0.949. The topological polar surface area (TPSA) is 12.0 Å². The largest absolute Gasteiger partial charge is 0.310 e. The molecule has 1 N–H and O–H groups in total. The molecule has 0 aliphatic carbocycles. The van der Waals surface area contributed by atoms with Gasteiger partial charge in [0.1, 0.15) is 0 Å². The molecule has 0 saturated carbocycles. The van der Waals surface area contributed by atoms with Crippen molar-refractivity contribution < 1.29 is 0 Å². The van der Waals surface area contributed by atoms with Gasteiger partial charge >= 0.3 is 0 Å². The first kappa shape index (κ1) is 11.4. The van der Waals surface area contributed by atoms with E-state index in [1.54, 1.807) is 0 Å². The lowest BCUT2D eigenvalue weighted by atomic mass is 10.1. The van der Waals surface area contributed by atoms with E-state index in [4.69, 9.17) is 0 Å². The van der Waals surface area contributed by atoms with Gasteiger partial charge in [0.25, 0.3) is 0 Å². The van der Waals surface area contributed by atoms with Gasteiger partial charge in [-0.25, -0.2) is 0 Å². The predicted octanol–water partition coefficient (Wildman–Crippen LogP) is 2.75. The van der Waals surface area contributed by atoms with Gasteiger partial charge < -0.3 is 5.32 Å². The average molecular weight is 167 g/mol. The van der Waals surface area contributed by atoms with E-state index in [9.17, 15) is 0 Å². The van der Waals surface area contributed by atoms with Crippen molar-refractivity contribution in [1.29, 1.82) is 0 Å². The van der Waals surface area contributed by atoms with E-state index in [1.807, 2.05) is 6.08 Å². The summed E-state index contributed by atoms with van der Waals surface area (Å²) in [7, 11) is 0. The average Bonchev–Trinajstić information content (AvgIpc) is 1.97. The van der Waals surface area contributed by atoms with Gasteiger partial charge in [0.2, 0.25) is 0 Å². The van der Waals surface area contributed by atoms with Crippen molar-refractivity contribution in [3.8, 4) is 0 Å². The maximum Gasteiger partial charge on any atom is 0.0204 e. The van der Waals surface area contributed by atoms with Crippen LogP contribution >= 0.6 is 0 Å². The Morgan fingerprint density at radius 3 is 2.25 bits per heavy atom. The number of rotatable bonds is 5. The highest BCUT2D eigenvalue weighted by atomic mass is 14.9. The second-order valence-electron chi connectivity index (χ2n) is 3.73. The zero-order valence-electron chi connectivity index (χ0n) is 8.72. The minimum atomic E-state index is 0.542. The van der Waals surface area contributed by atoms with Crippen LogP contribution in [0, 0.1) is 5.92 Å². The van der Waals surface area contributed by atoms with Gasteiger partial charge in [-0.05, 0) is 11.5 Å². The molecule has 1 nitrogen and oxygen atoms in total. The lowest BCUT2D eigenvalue weighted by Gasteiger charge is -2.09. The van der Waals surface area contributed by atoms with Crippen LogP contribution < -0.4 is 5.32 Å². The van der Waals surface area contributed by atoms with E-state index >= 15 is 0 Å². The van der Waals surface area contributed by atoms with E-state index in [0.717, 1.165) is 6.54 Å². The van der Waals surface area contributed by atoms with Gasteiger partial charge in [0.05, 0.1) is 0 Å².